The van der Waals surface area contributed by atoms with Crippen LogP contribution in [0.1, 0.15) is 0 Å². The topological polar surface area (TPSA) is 29.5 Å². The summed E-state index contributed by atoms with van der Waals surface area (Å²) in [5, 5.41) is 0. The Morgan fingerprint density at radius 2 is 2.31 bits per heavy atom. The van der Waals surface area contributed by atoms with Gasteiger partial charge in [0.05, 0.1) is 12.2 Å². The summed E-state index contributed by atoms with van der Waals surface area (Å²) >= 11 is 0. The zero-order chi connectivity index (χ0) is 9.26. The number of rotatable bonds is 1. The molecule has 13 heavy (non-hydrogen) atoms. The summed E-state index contributed by atoms with van der Waals surface area (Å²) in [6, 6.07) is 5.83. The SMILES string of the molecule is O=C1O[CH]CN1c1cccc(F)c1. The van der Waals surface area contributed by atoms with E-state index in [0.29, 0.717) is 12.2 Å². The maximum Gasteiger partial charge on any atom is 0.414 e. The van der Waals surface area contributed by atoms with E-state index < -0.39 is 6.09 Å². The number of anilines is 1. The second-order valence-corrected chi connectivity index (χ2v) is 2.64. The fourth-order valence-electron chi connectivity index (χ4n) is 1.18. The number of benzene rings is 1. The Kier molecular flexibility index (Phi) is 1.88. The largest absolute Gasteiger partial charge is 0.440 e. The molecule has 0 aliphatic carbocycles. The lowest BCUT2D eigenvalue weighted by atomic mass is 10.3. The molecule has 67 valence electrons. The third kappa shape index (κ3) is 1.47. The van der Waals surface area contributed by atoms with Gasteiger partial charge in [0.1, 0.15) is 5.82 Å². The fraction of sp³-hybridized carbons (Fsp3) is 0.111. The number of nitrogens with zero attached hydrogens (tertiary/aromatic N) is 1. The van der Waals surface area contributed by atoms with Crippen LogP contribution >= 0.6 is 0 Å². The Balaban J connectivity index is 2.29. The quantitative estimate of drug-likeness (QED) is 0.661. The van der Waals surface area contributed by atoms with E-state index in [-0.39, 0.29) is 5.82 Å². The number of ether oxygens (including phenoxy) is 1. The predicted molar refractivity (Wildman–Crippen MR) is 44.5 cm³/mol. The van der Waals surface area contributed by atoms with Crippen molar-refractivity contribution in [1.82, 2.24) is 0 Å². The Hall–Kier alpha value is -1.58. The lowest BCUT2D eigenvalue weighted by Crippen LogP contribution is -2.22. The van der Waals surface area contributed by atoms with E-state index in [1.165, 1.54) is 23.6 Å². The second-order valence-electron chi connectivity index (χ2n) is 2.64. The van der Waals surface area contributed by atoms with Crippen molar-refractivity contribution in [2.45, 2.75) is 0 Å². The fourth-order valence-corrected chi connectivity index (χ4v) is 1.18. The molecule has 1 amide bonds. The molecule has 1 aliphatic rings. The van der Waals surface area contributed by atoms with Gasteiger partial charge in [0, 0.05) is 0 Å². The minimum absolute atomic E-state index is 0.363. The van der Waals surface area contributed by atoms with E-state index in [1.807, 2.05) is 0 Å². The number of carbonyl (C=O) groups excluding carboxylic acids is 1. The van der Waals surface area contributed by atoms with Gasteiger partial charge < -0.3 is 4.74 Å². The Bertz CT molecular complexity index is 340. The molecule has 1 fully saturated rings. The molecule has 1 aromatic rings. The van der Waals surface area contributed by atoms with Gasteiger partial charge in [-0.2, -0.15) is 0 Å². The zero-order valence-corrected chi connectivity index (χ0v) is 6.74. The van der Waals surface area contributed by atoms with Crippen molar-refractivity contribution in [1.29, 1.82) is 0 Å². The molecule has 3 nitrogen and oxygen atoms in total. The summed E-state index contributed by atoms with van der Waals surface area (Å²) < 4.78 is 17.4. The van der Waals surface area contributed by atoms with Crippen molar-refractivity contribution in [3.63, 3.8) is 0 Å². The van der Waals surface area contributed by atoms with Crippen LogP contribution in [0.2, 0.25) is 0 Å². The van der Waals surface area contributed by atoms with Gasteiger partial charge >= 0.3 is 6.09 Å². The minimum atomic E-state index is -0.467. The van der Waals surface area contributed by atoms with Gasteiger partial charge in [-0.1, -0.05) is 6.07 Å². The first-order chi connectivity index (χ1) is 6.27. The molecule has 0 atom stereocenters. The standard InChI is InChI=1S/C9H7FNO2/c10-7-2-1-3-8(6-7)11-4-5-13-9(11)12/h1-3,5-6H,4H2. The van der Waals surface area contributed by atoms with Crippen LogP contribution in [-0.4, -0.2) is 12.6 Å². The zero-order valence-electron chi connectivity index (χ0n) is 6.74. The highest BCUT2D eigenvalue weighted by Gasteiger charge is 2.24. The summed E-state index contributed by atoms with van der Waals surface area (Å²) in [6.07, 6.45) is -0.467. The van der Waals surface area contributed by atoms with E-state index in [2.05, 4.69) is 4.74 Å². The van der Waals surface area contributed by atoms with Crippen LogP contribution in [-0.2, 0) is 4.74 Å². The highest BCUT2D eigenvalue weighted by molar-refractivity contribution is 5.89. The molecule has 1 aromatic carbocycles. The number of cyclic esters (lactones) is 1. The molecule has 1 saturated heterocycles. The highest BCUT2D eigenvalue weighted by atomic mass is 19.1. The number of carbonyl (C=O) groups is 1. The normalized spacial score (nSPS) is 16.1. The van der Waals surface area contributed by atoms with Crippen LogP contribution in [0.4, 0.5) is 14.9 Å². The molecule has 1 radical (unpaired) electrons. The van der Waals surface area contributed by atoms with E-state index in [4.69, 9.17) is 0 Å². The van der Waals surface area contributed by atoms with Gasteiger partial charge in [-0.25, -0.2) is 9.18 Å². The Morgan fingerprint density at radius 3 is 2.92 bits per heavy atom. The van der Waals surface area contributed by atoms with Crippen molar-refractivity contribution >= 4 is 11.8 Å². The van der Waals surface area contributed by atoms with Crippen molar-refractivity contribution in [2.24, 2.45) is 0 Å². The predicted octanol–water partition coefficient (Wildman–Crippen LogP) is 1.94. The molecule has 0 saturated carbocycles. The molecule has 0 unspecified atom stereocenters. The third-order valence-corrected chi connectivity index (χ3v) is 1.78. The van der Waals surface area contributed by atoms with E-state index in [9.17, 15) is 9.18 Å². The average molecular weight is 180 g/mol. The first-order valence-electron chi connectivity index (χ1n) is 3.83. The summed E-state index contributed by atoms with van der Waals surface area (Å²) in [6.45, 7) is 1.75. The van der Waals surface area contributed by atoms with Crippen molar-refractivity contribution in [3.8, 4) is 0 Å². The molecule has 0 bridgehead atoms. The number of hydrogen-bond donors (Lipinski definition) is 0. The smallest absolute Gasteiger partial charge is 0.414 e. The van der Waals surface area contributed by atoms with Gasteiger partial charge in [0.2, 0.25) is 0 Å². The molecule has 4 heteroatoms. The summed E-state index contributed by atoms with van der Waals surface area (Å²) in [4.78, 5) is 12.4. The van der Waals surface area contributed by atoms with Gasteiger partial charge in [0.25, 0.3) is 0 Å². The van der Waals surface area contributed by atoms with Crippen LogP contribution in [0.25, 0.3) is 0 Å². The molecule has 1 heterocycles. The van der Waals surface area contributed by atoms with E-state index in [1.54, 1.807) is 12.1 Å². The molecular formula is C9H7FNO2. The summed E-state index contributed by atoms with van der Waals surface area (Å²) in [5.74, 6) is -0.364. The molecule has 2 rings (SSSR count). The highest BCUT2D eigenvalue weighted by Crippen LogP contribution is 2.20. The van der Waals surface area contributed by atoms with Crippen molar-refractivity contribution in [2.75, 3.05) is 11.4 Å². The molecule has 1 aliphatic heterocycles. The maximum absolute atomic E-state index is 12.8. The Labute approximate surface area is 74.7 Å². The maximum atomic E-state index is 12.8. The monoisotopic (exact) mass is 180 g/mol. The lowest BCUT2D eigenvalue weighted by molar-refractivity contribution is 0.196. The lowest BCUT2D eigenvalue weighted by Gasteiger charge is -2.11. The second kappa shape index (κ2) is 3.05. The first-order valence-corrected chi connectivity index (χ1v) is 3.83. The van der Waals surface area contributed by atoms with Crippen LogP contribution in [0.15, 0.2) is 24.3 Å². The number of hydrogen-bond acceptors (Lipinski definition) is 2. The number of halogens is 1. The van der Waals surface area contributed by atoms with Gasteiger partial charge in [-0.15, -0.1) is 0 Å². The third-order valence-electron chi connectivity index (χ3n) is 1.78. The minimum Gasteiger partial charge on any atom is -0.440 e. The first kappa shape index (κ1) is 8.04. The van der Waals surface area contributed by atoms with Crippen LogP contribution < -0.4 is 4.90 Å². The van der Waals surface area contributed by atoms with Crippen LogP contribution in [0.3, 0.4) is 0 Å². The molecular weight excluding hydrogens is 173 g/mol. The average Bonchev–Trinajstić information content (AvgIpc) is 2.51. The molecule has 0 N–H and O–H groups in total. The molecule has 0 aromatic heterocycles. The summed E-state index contributed by atoms with van der Waals surface area (Å²) in [7, 11) is 0. The summed E-state index contributed by atoms with van der Waals surface area (Å²) in [5.41, 5.74) is 0.513. The number of amides is 1. The van der Waals surface area contributed by atoms with Crippen molar-refractivity contribution in [3.05, 3.63) is 36.7 Å². The van der Waals surface area contributed by atoms with Gasteiger partial charge in [0.15, 0.2) is 6.61 Å². The van der Waals surface area contributed by atoms with Crippen LogP contribution in [0.5, 0.6) is 0 Å². The van der Waals surface area contributed by atoms with Gasteiger partial charge in [-0.3, -0.25) is 4.90 Å². The van der Waals surface area contributed by atoms with E-state index in [0.717, 1.165) is 0 Å². The van der Waals surface area contributed by atoms with Gasteiger partial charge in [-0.05, 0) is 18.2 Å². The van der Waals surface area contributed by atoms with Crippen molar-refractivity contribution < 1.29 is 13.9 Å². The van der Waals surface area contributed by atoms with Crippen LogP contribution in [0, 0.1) is 12.4 Å². The molecule has 0 spiro atoms. The van der Waals surface area contributed by atoms with E-state index >= 15 is 0 Å². The Morgan fingerprint density at radius 1 is 1.46 bits per heavy atom.